The molecule has 6 aliphatic rings. The predicted octanol–water partition coefficient (Wildman–Crippen LogP) is -3.28. The Morgan fingerprint density at radius 3 is 2.67 bits per heavy atom. The fourth-order valence-corrected chi connectivity index (χ4v) is 7.01. The van der Waals surface area contributed by atoms with E-state index >= 15 is 0 Å². The maximum Gasteiger partial charge on any atom is 0.346 e. The first kappa shape index (κ1) is 24.2. The van der Waals surface area contributed by atoms with Gasteiger partial charge in [-0.3, -0.25) is 30.3 Å². The third-order valence-electron chi connectivity index (χ3n) is 9.22. The fraction of sp³-hybridized carbons (Fsp3) is 0.560. The van der Waals surface area contributed by atoms with E-state index in [4.69, 9.17) is 16.2 Å². The van der Waals surface area contributed by atoms with Crippen LogP contribution in [0.4, 0.5) is 0 Å². The minimum atomic E-state index is -2.62. The average molecular weight is 540 g/mol. The standard InChI is InChI=1S/C25H30N8O6/c26-21-30-19-14(10-32-16(34)4-5-17(32)35)28-22(27)33-11-15(25(37,38)24(19,33)31-21)29-20(36)12-2-1-3-13-18(12)39-9-8-23(13)6-7-23/h1-3,14-15,19,37-38H,4-11H2,(H6,26,27,28,29,30,31,36)/p+1/t14-,15?,19-,24-/m0/s1. The van der Waals surface area contributed by atoms with Crippen LogP contribution >= 0.6 is 0 Å². The molecule has 0 radical (unpaired) electrons. The fourth-order valence-electron chi connectivity index (χ4n) is 7.01. The lowest BCUT2D eigenvalue weighted by Crippen LogP contribution is -2.79. The molecule has 1 saturated carbocycles. The molecule has 0 bridgehead atoms. The van der Waals surface area contributed by atoms with Crippen molar-refractivity contribution in [2.24, 2.45) is 16.5 Å². The zero-order valence-corrected chi connectivity index (χ0v) is 21.1. The molecule has 206 valence electrons. The van der Waals surface area contributed by atoms with E-state index in [0.29, 0.717) is 17.9 Å². The highest BCUT2D eigenvalue weighted by Crippen LogP contribution is 2.56. The summed E-state index contributed by atoms with van der Waals surface area (Å²) in [6.45, 7) is 0.349. The van der Waals surface area contributed by atoms with E-state index in [-0.39, 0.29) is 55.1 Å². The van der Waals surface area contributed by atoms with E-state index in [0.717, 1.165) is 29.7 Å². The number of ether oxygens (including phenoxy) is 1. The lowest BCUT2D eigenvalue weighted by molar-refractivity contribution is -0.623. The summed E-state index contributed by atoms with van der Waals surface area (Å²) in [5, 5.41) is 32.1. The zero-order chi connectivity index (χ0) is 27.3. The Kier molecular flexibility index (Phi) is 4.84. The van der Waals surface area contributed by atoms with E-state index < -0.39 is 35.5 Å². The van der Waals surface area contributed by atoms with Crippen LogP contribution in [0.2, 0.25) is 0 Å². The Balaban J connectivity index is 1.20. The van der Waals surface area contributed by atoms with Gasteiger partial charge >= 0.3 is 5.96 Å². The Labute approximate surface area is 223 Å². The highest BCUT2D eigenvalue weighted by molar-refractivity contribution is 6.02. The van der Waals surface area contributed by atoms with Gasteiger partial charge in [-0.25, -0.2) is 9.57 Å². The monoisotopic (exact) mass is 539 g/mol. The first-order valence-electron chi connectivity index (χ1n) is 13.2. The molecule has 1 aromatic rings. The summed E-state index contributed by atoms with van der Waals surface area (Å²) in [5.41, 5.74) is 12.0. The highest BCUT2D eigenvalue weighted by Gasteiger charge is 2.75. The summed E-state index contributed by atoms with van der Waals surface area (Å²) < 4.78 is 7.40. The number of hydrogen-bond acceptors (Lipinski definition) is 11. The molecule has 1 aromatic carbocycles. The topological polar surface area (TPSA) is 208 Å². The number of amides is 3. The summed E-state index contributed by atoms with van der Waals surface area (Å²) in [4.78, 5) is 43.7. The summed E-state index contributed by atoms with van der Waals surface area (Å²) >= 11 is 0. The summed E-state index contributed by atoms with van der Waals surface area (Å²) in [7, 11) is 0. The van der Waals surface area contributed by atoms with Crippen molar-refractivity contribution in [2.45, 2.75) is 67.1 Å². The summed E-state index contributed by atoms with van der Waals surface area (Å²) in [5.74, 6) is -3.24. The number of benzene rings is 1. The predicted molar refractivity (Wildman–Crippen MR) is 134 cm³/mol. The Morgan fingerprint density at radius 1 is 1.21 bits per heavy atom. The number of fused-ring (bicyclic) bond motifs is 2. The van der Waals surface area contributed by atoms with Gasteiger partial charge in [-0.1, -0.05) is 12.1 Å². The van der Waals surface area contributed by atoms with Crippen LogP contribution in [0.25, 0.3) is 0 Å². The lowest BCUT2D eigenvalue weighted by Gasteiger charge is -2.44. The molecule has 39 heavy (non-hydrogen) atoms. The minimum absolute atomic E-state index is 0.0621. The van der Waals surface area contributed by atoms with Crippen molar-refractivity contribution in [3.05, 3.63) is 29.3 Å². The number of nitrogens with zero attached hydrogens (tertiary/aromatic N) is 3. The van der Waals surface area contributed by atoms with Crippen LogP contribution in [-0.4, -0.2) is 98.6 Å². The van der Waals surface area contributed by atoms with E-state index in [1.54, 1.807) is 6.07 Å². The number of carbonyl (C=O) groups excluding carboxylic acids is 3. The van der Waals surface area contributed by atoms with E-state index in [9.17, 15) is 24.6 Å². The van der Waals surface area contributed by atoms with E-state index in [2.05, 4.69) is 20.9 Å². The van der Waals surface area contributed by atoms with Gasteiger partial charge in [0.05, 0.1) is 25.3 Å². The van der Waals surface area contributed by atoms with Crippen LogP contribution in [0, 0.1) is 0 Å². The maximum atomic E-state index is 13.6. The SMILES string of the molecule is NC1=N[C@H]2[C@H](CN3C(=O)CCC3=O)NC(N)=[N+]3CC(NC(=O)c4cccc5c4OCCC54CC4)C(O)(O)[C@]23N1. The Bertz CT molecular complexity index is 1370. The molecule has 5 heterocycles. The molecule has 4 atom stereocenters. The molecule has 3 fully saturated rings. The minimum Gasteiger partial charge on any atom is -0.492 e. The van der Waals surface area contributed by atoms with Gasteiger partial charge in [0.15, 0.2) is 5.96 Å². The van der Waals surface area contributed by atoms with Crippen LogP contribution < -0.4 is 32.2 Å². The van der Waals surface area contributed by atoms with Crippen molar-refractivity contribution in [1.29, 1.82) is 0 Å². The zero-order valence-electron chi connectivity index (χ0n) is 21.1. The second-order valence-corrected chi connectivity index (χ2v) is 11.3. The van der Waals surface area contributed by atoms with Gasteiger partial charge in [0.25, 0.3) is 5.91 Å². The smallest absolute Gasteiger partial charge is 0.346 e. The maximum absolute atomic E-state index is 13.6. The Hall–Kier alpha value is -3.91. The molecule has 14 heteroatoms. The van der Waals surface area contributed by atoms with E-state index in [1.165, 1.54) is 4.58 Å². The molecule has 9 N–H and O–H groups in total. The number of guanidine groups is 2. The molecule has 0 aromatic heterocycles. The van der Waals surface area contributed by atoms with Gasteiger partial charge in [-0.15, -0.1) is 0 Å². The number of aliphatic hydroxyl groups is 2. The third kappa shape index (κ3) is 3.18. The van der Waals surface area contributed by atoms with Crippen LogP contribution in [0.5, 0.6) is 5.75 Å². The number of imide groups is 1. The first-order chi connectivity index (χ1) is 18.6. The van der Waals surface area contributed by atoms with Crippen molar-refractivity contribution in [2.75, 3.05) is 19.7 Å². The number of rotatable bonds is 4. The second kappa shape index (κ2) is 7.82. The molecule has 3 amide bonds. The van der Waals surface area contributed by atoms with E-state index in [1.807, 2.05) is 12.1 Å². The van der Waals surface area contributed by atoms with Gasteiger partial charge in [-0.05, 0) is 25.3 Å². The molecular weight excluding hydrogens is 508 g/mol. The van der Waals surface area contributed by atoms with Gasteiger partial charge in [0.1, 0.15) is 23.9 Å². The highest BCUT2D eigenvalue weighted by atomic mass is 16.5. The quantitative estimate of drug-likeness (QED) is 0.115. The van der Waals surface area contributed by atoms with Crippen molar-refractivity contribution in [3.63, 3.8) is 0 Å². The van der Waals surface area contributed by atoms with Gasteiger partial charge < -0.3 is 31.3 Å². The number of hydrogen-bond donors (Lipinski definition) is 7. The first-order valence-corrected chi connectivity index (χ1v) is 13.2. The molecule has 1 unspecified atom stereocenters. The third-order valence-corrected chi connectivity index (χ3v) is 9.22. The molecule has 1 aliphatic carbocycles. The number of carbonyl (C=O) groups is 3. The lowest BCUT2D eigenvalue weighted by atomic mass is 9.85. The number of para-hydroxylation sites is 1. The van der Waals surface area contributed by atoms with Gasteiger partial charge in [0.2, 0.25) is 23.3 Å². The number of nitrogens with one attached hydrogen (secondary N) is 3. The van der Waals surface area contributed by atoms with Gasteiger partial charge in [0, 0.05) is 23.8 Å². The largest absolute Gasteiger partial charge is 0.492 e. The molecular formula is C25H31N8O6+. The molecule has 2 saturated heterocycles. The average Bonchev–Trinajstić information content (AvgIpc) is 3.38. The van der Waals surface area contributed by atoms with Gasteiger partial charge in [-0.2, -0.15) is 0 Å². The molecule has 14 nitrogen and oxygen atoms in total. The van der Waals surface area contributed by atoms with Crippen molar-refractivity contribution in [1.82, 2.24) is 20.9 Å². The second-order valence-electron chi connectivity index (χ2n) is 11.3. The van der Waals surface area contributed by atoms with Crippen molar-refractivity contribution < 1.29 is 33.9 Å². The Morgan fingerprint density at radius 2 is 1.95 bits per heavy atom. The van der Waals surface area contributed by atoms with Crippen LogP contribution in [0.15, 0.2) is 23.2 Å². The van der Waals surface area contributed by atoms with Crippen molar-refractivity contribution >= 4 is 29.6 Å². The molecule has 2 spiro atoms. The number of aliphatic imine (C=N–C) groups is 1. The molecule has 5 aliphatic heterocycles. The van der Waals surface area contributed by atoms with Crippen molar-refractivity contribution in [3.8, 4) is 5.75 Å². The number of nitrogens with two attached hydrogens (primary N) is 2. The van der Waals surface area contributed by atoms with Crippen LogP contribution in [-0.2, 0) is 15.0 Å². The normalized spacial score (nSPS) is 33.0. The van der Waals surface area contributed by atoms with Crippen LogP contribution in [0.1, 0.15) is 48.0 Å². The number of likely N-dealkylation sites (tertiary alicyclic amines) is 1. The van der Waals surface area contributed by atoms with Crippen LogP contribution in [0.3, 0.4) is 0 Å². The summed E-state index contributed by atoms with van der Waals surface area (Å²) in [6, 6.07) is 2.51. The molecule has 7 rings (SSSR count). The summed E-state index contributed by atoms with van der Waals surface area (Å²) in [6.07, 6.45) is 3.24.